The summed E-state index contributed by atoms with van der Waals surface area (Å²) in [7, 11) is 0. The second-order valence-corrected chi connectivity index (χ2v) is 4.86. The maximum absolute atomic E-state index is 12.0. The normalized spacial score (nSPS) is 17.8. The zero-order chi connectivity index (χ0) is 11.5. The first-order valence-electron chi connectivity index (χ1n) is 5.45. The number of carbonyl (C=O) groups is 1. The van der Waals surface area contributed by atoms with Crippen LogP contribution in [0.4, 0.5) is 0 Å². The number of piperidine rings is 1. The zero-order valence-corrected chi connectivity index (χ0v) is 10.6. The molecule has 16 heavy (non-hydrogen) atoms. The van der Waals surface area contributed by atoms with Gasteiger partial charge in [-0.1, -0.05) is 0 Å². The van der Waals surface area contributed by atoms with E-state index >= 15 is 0 Å². The topological polar surface area (TPSA) is 59.5 Å². The van der Waals surface area contributed by atoms with E-state index in [-0.39, 0.29) is 5.91 Å². The summed E-state index contributed by atoms with van der Waals surface area (Å²) < 4.78 is 5.84. The molecule has 88 valence electrons. The fourth-order valence-electron chi connectivity index (χ4n) is 1.96. The van der Waals surface area contributed by atoms with E-state index in [1.54, 1.807) is 12.1 Å². The summed E-state index contributed by atoms with van der Waals surface area (Å²) in [6.07, 6.45) is 1.98. The van der Waals surface area contributed by atoms with Gasteiger partial charge in [-0.25, -0.2) is 0 Å². The quantitative estimate of drug-likeness (QED) is 0.903. The fourth-order valence-corrected chi connectivity index (χ4v) is 2.26. The second-order valence-electron chi connectivity index (χ2n) is 4.08. The Hall–Kier alpha value is -0.810. The molecule has 1 aliphatic rings. The largest absolute Gasteiger partial charge is 0.444 e. The van der Waals surface area contributed by atoms with Crippen molar-refractivity contribution in [2.45, 2.75) is 12.8 Å². The van der Waals surface area contributed by atoms with Gasteiger partial charge in [0.25, 0.3) is 5.91 Å². The van der Waals surface area contributed by atoms with Crippen LogP contribution in [0, 0.1) is 5.92 Å². The molecule has 1 amide bonds. The first kappa shape index (κ1) is 11.7. The molecule has 0 radical (unpaired) electrons. The fraction of sp³-hybridized carbons (Fsp3) is 0.545. The molecule has 0 aromatic carbocycles. The molecule has 5 heteroatoms. The Morgan fingerprint density at radius 2 is 2.19 bits per heavy atom. The molecule has 1 fully saturated rings. The Morgan fingerprint density at radius 3 is 2.69 bits per heavy atom. The molecule has 0 aliphatic carbocycles. The number of amides is 1. The predicted octanol–water partition coefficient (Wildman–Crippen LogP) is 1.85. The number of nitrogens with two attached hydrogens (primary N) is 1. The highest BCUT2D eigenvalue weighted by molar-refractivity contribution is 9.10. The molecule has 0 unspecified atom stereocenters. The summed E-state index contributed by atoms with van der Waals surface area (Å²) >= 11 is 3.19. The van der Waals surface area contributed by atoms with E-state index < -0.39 is 0 Å². The van der Waals surface area contributed by atoms with Gasteiger partial charge < -0.3 is 15.1 Å². The van der Waals surface area contributed by atoms with E-state index in [1.165, 1.54) is 0 Å². The Balaban J connectivity index is 1.96. The van der Waals surface area contributed by atoms with Gasteiger partial charge >= 0.3 is 0 Å². The van der Waals surface area contributed by atoms with Crippen LogP contribution in [0.25, 0.3) is 0 Å². The highest BCUT2D eigenvalue weighted by Gasteiger charge is 2.24. The van der Waals surface area contributed by atoms with Crippen molar-refractivity contribution in [1.29, 1.82) is 0 Å². The van der Waals surface area contributed by atoms with Crippen LogP contribution in [0.5, 0.6) is 0 Å². The summed E-state index contributed by atoms with van der Waals surface area (Å²) in [6, 6.07) is 3.43. The first-order valence-corrected chi connectivity index (χ1v) is 6.24. The van der Waals surface area contributed by atoms with E-state index in [9.17, 15) is 4.79 Å². The van der Waals surface area contributed by atoms with E-state index in [0.29, 0.717) is 22.9 Å². The molecule has 4 nitrogen and oxygen atoms in total. The monoisotopic (exact) mass is 286 g/mol. The van der Waals surface area contributed by atoms with Gasteiger partial charge in [0, 0.05) is 13.1 Å². The van der Waals surface area contributed by atoms with Crippen LogP contribution in [0.2, 0.25) is 0 Å². The lowest BCUT2D eigenvalue weighted by Crippen LogP contribution is -2.39. The van der Waals surface area contributed by atoms with Crippen molar-refractivity contribution < 1.29 is 9.21 Å². The smallest absolute Gasteiger partial charge is 0.289 e. The Kier molecular flexibility index (Phi) is 3.66. The lowest BCUT2D eigenvalue weighted by molar-refractivity contribution is 0.0660. The van der Waals surface area contributed by atoms with Gasteiger partial charge in [0.05, 0.1) is 0 Å². The summed E-state index contributed by atoms with van der Waals surface area (Å²) in [5.74, 6) is 0.937. The number of halogens is 1. The highest BCUT2D eigenvalue weighted by Crippen LogP contribution is 2.20. The average Bonchev–Trinajstić information content (AvgIpc) is 2.75. The molecule has 0 saturated carbocycles. The lowest BCUT2D eigenvalue weighted by atomic mass is 9.97. The van der Waals surface area contributed by atoms with Gasteiger partial charge in [-0.15, -0.1) is 0 Å². The Labute approximate surface area is 103 Å². The molecule has 2 N–H and O–H groups in total. The Bertz CT molecular complexity index is 370. The zero-order valence-electron chi connectivity index (χ0n) is 8.99. The molecule has 0 bridgehead atoms. The summed E-state index contributed by atoms with van der Waals surface area (Å²) in [5, 5.41) is 0. The molecular formula is C11H15BrN2O2. The minimum atomic E-state index is -0.0267. The van der Waals surface area contributed by atoms with Crippen LogP contribution in [0.15, 0.2) is 21.2 Å². The van der Waals surface area contributed by atoms with Crippen molar-refractivity contribution >= 4 is 21.8 Å². The summed E-state index contributed by atoms with van der Waals surface area (Å²) in [6.45, 7) is 2.27. The molecule has 2 rings (SSSR count). The van der Waals surface area contributed by atoms with E-state index in [1.807, 2.05) is 4.90 Å². The van der Waals surface area contributed by atoms with Gasteiger partial charge in [0.2, 0.25) is 0 Å². The number of likely N-dealkylation sites (tertiary alicyclic amines) is 1. The Morgan fingerprint density at radius 1 is 1.50 bits per heavy atom. The van der Waals surface area contributed by atoms with Crippen molar-refractivity contribution in [3.05, 3.63) is 22.6 Å². The van der Waals surface area contributed by atoms with Crippen molar-refractivity contribution in [3.8, 4) is 0 Å². The van der Waals surface area contributed by atoms with Crippen LogP contribution in [-0.2, 0) is 0 Å². The number of nitrogens with zero attached hydrogens (tertiary/aromatic N) is 1. The predicted molar refractivity (Wildman–Crippen MR) is 64.1 cm³/mol. The third kappa shape index (κ3) is 2.47. The van der Waals surface area contributed by atoms with E-state index in [0.717, 1.165) is 25.9 Å². The minimum Gasteiger partial charge on any atom is -0.444 e. The molecule has 1 aromatic rings. The van der Waals surface area contributed by atoms with Crippen LogP contribution in [-0.4, -0.2) is 30.4 Å². The third-order valence-electron chi connectivity index (χ3n) is 3.02. The standard InChI is InChI=1S/C11H15BrN2O2/c12-10-2-1-9(16-10)11(15)14-5-3-8(7-13)4-6-14/h1-2,8H,3-7,13H2. The molecular weight excluding hydrogens is 272 g/mol. The van der Waals surface area contributed by atoms with Gasteiger partial charge in [0.1, 0.15) is 0 Å². The van der Waals surface area contributed by atoms with Crippen LogP contribution < -0.4 is 5.73 Å². The molecule has 2 heterocycles. The summed E-state index contributed by atoms with van der Waals surface area (Å²) in [5.41, 5.74) is 5.61. The molecule has 0 atom stereocenters. The third-order valence-corrected chi connectivity index (χ3v) is 3.45. The van der Waals surface area contributed by atoms with Crippen molar-refractivity contribution in [3.63, 3.8) is 0 Å². The van der Waals surface area contributed by atoms with Gasteiger partial charge in [-0.2, -0.15) is 0 Å². The lowest BCUT2D eigenvalue weighted by Gasteiger charge is -2.30. The molecule has 0 spiro atoms. The number of furan rings is 1. The van der Waals surface area contributed by atoms with E-state index in [4.69, 9.17) is 10.2 Å². The van der Waals surface area contributed by atoms with Crippen LogP contribution in [0.3, 0.4) is 0 Å². The molecule has 1 aromatic heterocycles. The molecule has 1 saturated heterocycles. The first-order chi connectivity index (χ1) is 7.70. The van der Waals surface area contributed by atoms with Gasteiger partial charge in [-0.3, -0.25) is 4.79 Å². The summed E-state index contributed by atoms with van der Waals surface area (Å²) in [4.78, 5) is 13.8. The second kappa shape index (κ2) is 5.01. The van der Waals surface area contributed by atoms with Crippen LogP contribution in [0.1, 0.15) is 23.4 Å². The van der Waals surface area contributed by atoms with E-state index in [2.05, 4.69) is 15.9 Å². The maximum atomic E-state index is 12.0. The number of hydrogen-bond acceptors (Lipinski definition) is 3. The van der Waals surface area contributed by atoms with Gasteiger partial charge in [-0.05, 0) is 53.4 Å². The van der Waals surface area contributed by atoms with Crippen LogP contribution >= 0.6 is 15.9 Å². The van der Waals surface area contributed by atoms with Gasteiger partial charge in [0.15, 0.2) is 10.4 Å². The minimum absolute atomic E-state index is 0.0267. The average molecular weight is 287 g/mol. The number of hydrogen-bond donors (Lipinski definition) is 1. The van der Waals surface area contributed by atoms with Crippen molar-refractivity contribution in [2.24, 2.45) is 11.7 Å². The highest BCUT2D eigenvalue weighted by atomic mass is 79.9. The van der Waals surface area contributed by atoms with Crippen molar-refractivity contribution in [1.82, 2.24) is 4.90 Å². The van der Waals surface area contributed by atoms with Crippen molar-refractivity contribution in [2.75, 3.05) is 19.6 Å². The number of carbonyl (C=O) groups excluding carboxylic acids is 1. The maximum Gasteiger partial charge on any atom is 0.289 e. The number of rotatable bonds is 2. The SMILES string of the molecule is NCC1CCN(C(=O)c2ccc(Br)o2)CC1. The molecule has 1 aliphatic heterocycles.